The molecule has 2 atom stereocenters. The van der Waals surface area contributed by atoms with Gasteiger partial charge in [-0.2, -0.15) is 0 Å². The summed E-state index contributed by atoms with van der Waals surface area (Å²) in [7, 11) is 7.48. The number of aromatic hydroxyl groups is 2. The fourth-order valence-electron chi connectivity index (χ4n) is 6.93. The van der Waals surface area contributed by atoms with Gasteiger partial charge in [0.2, 0.25) is 5.75 Å². The van der Waals surface area contributed by atoms with Crippen LogP contribution in [-0.4, -0.2) is 61.4 Å². The Kier molecular flexibility index (Phi) is 7.26. The van der Waals surface area contributed by atoms with Gasteiger partial charge in [0, 0.05) is 30.7 Å². The summed E-state index contributed by atoms with van der Waals surface area (Å²) in [5.41, 5.74) is 6.58. The van der Waals surface area contributed by atoms with Crippen LogP contribution in [0.1, 0.15) is 45.5 Å². The van der Waals surface area contributed by atoms with Gasteiger partial charge in [-0.15, -0.1) is 0 Å². The standard InChI is InChI=1S/C36H38N2O6/c1-37-13-11-23-18-32(41-3)33-19-26(23)28(37)16-22-7-10-30(39)31(17-22)43-24-8-5-21(6-9-24)15-29-27-20-34(42-4)35(40)36(44-33)25(27)12-14-38(29)2/h5-10,17-20,28-29,39-40H,11-16H2,1-4H3/t28-,29-/m0/s1. The summed E-state index contributed by atoms with van der Waals surface area (Å²) in [6.07, 6.45) is 3.05. The van der Waals surface area contributed by atoms with Gasteiger partial charge >= 0.3 is 0 Å². The zero-order valence-corrected chi connectivity index (χ0v) is 25.6. The van der Waals surface area contributed by atoms with Crippen molar-refractivity contribution in [1.29, 1.82) is 0 Å². The quantitative estimate of drug-likeness (QED) is 0.270. The van der Waals surface area contributed by atoms with E-state index in [1.807, 2.05) is 30.3 Å². The minimum absolute atomic E-state index is 0.00740. The first kappa shape index (κ1) is 28.4. The molecule has 4 aliphatic rings. The van der Waals surface area contributed by atoms with Gasteiger partial charge in [-0.3, -0.25) is 9.80 Å². The SMILES string of the molecule is COc1cc2c3cc1Oc1c(O)c(OC)cc4c1CCN(C)[C@H]4Cc1ccc(cc1)Oc1cc(ccc1O)C[C@@H]3N(C)CC2. The Balaban J connectivity index is 1.44. The molecule has 8 nitrogen and oxygen atoms in total. The maximum absolute atomic E-state index is 11.5. The molecule has 4 aliphatic heterocycles. The van der Waals surface area contributed by atoms with E-state index in [0.717, 1.165) is 60.2 Å². The Hall–Kier alpha value is -4.40. The van der Waals surface area contributed by atoms with E-state index in [9.17, 15) is 10.2 Å². The first-order valence-electron chi connectivity index (χ1n) is 15.1. The molecule has 0 saturated carbocycles. The number of ether oxygens (including phenoxy) is 4. The summed E-state index contributed by atoms with van der Waals surface area (Å²) in [5, 5.41) is 22.1. The Labute approximate surface area is 258 Å². The molecule has 0 unspecified atom stereocenters. The summed E-state index contributed by atoms with van der Waals surface area (Å²) < 4.78 is 24.4. The summed E-state index contributed by atoms with van der Waals surface area (Å²) in [6, 6.07) is 19.8. The first-order chi connectivity index (χ1) is 21.3. The molecule has 0 amide bonds. The van der Waals surface area contributed by atoms with Gasteiger partial charge < -0.3 is 29.2 Å². The zero-order valence-electron chi connectivity index (χ0n) is 25.6. The largest absolute Gasteiger partial charge is 0.504 e. The summed E-state index contributed by atoms with van der Waals surface area (Å²) in [5.74, 6) is 3.16. The Morgan fingerprint density at radius 2 is 1.39 bits per heavy atom. The van der Waals surface area contributed by atoms with E-state index in [2.05, 4.69) is 48.2 Å². The molecule has 8 rings (SSSR count). The number of methoxy groups -OCH3 is 2. The lowest BCUT2D eigenvalue weighted by molar-refractivity contribution is 0.224. The van der Waals surface area contributed by atoms with Crippen LogP contribution < -0.4 is 18.9 Å². The molecule has 0 spiro atoms. The molecule has 0 saturated heterocycles. The number of phenolic OH excluding ortho intramolecular Hbond substituents is 2. The highest BCUT2D eigenvalue weighted by Crippen LogP contribution is 2.50. The van der Waals surface area contributed by atoms with E-state index in [1.165, 1.54) is 5.56 Å². The third-order valence-electron chi connectivity index (χ3n) is 9.48. The summed E-state index contributed by atoms with van der Waals surface area (Å²) in [6.45, 7) is 1.71. The second-order valence-electron chi connectivity index (χ2n) is 12.1. The molecule has 44 heavy (non-hydrogen) atoms. The molecule has 2 N–H and O–H groups in total. The highest BCUT2D eigenvalue weighted by atomic mass is 16.5. The minimum atomic E-state index is -0.00740. The molecular weight excluding hydrogens is 556 g/mol. The van der Waals surface area contributed by atoms with Gasteiger partial charge in [0.05, 0.1) is 14.2 Å². The van der Waals surface area contributed by atoms with Crippen LogP contribution in [0.3, 0.4) is 0 Å². The highest BCUT2D eigenvalue weighted by molar-refractivity contribution is 5.62. The Bertz CT molecular complexity index is 1720. The number of likely N-dealkylation sites (N-methyl/N-ethyl adjacent to an activating group) is 2. The lowest BCUT2D eigenvalue weighted by Crippen LogP contribution is -2.34. The van der Waals surface area contributed by atoms with Crippen molar-refractivity contribution in [2.45, 2.75) is 37.8 Å². The van der Waals surface area contributed by atoms with Crippen LogP contribution in [0.2, 0.25) is 0 Å². The van der Waals surface area contributed by atoms with Gasteiger partial charge in [0.15, 0.2) is 34.5 Å². The number of fused-ring (bicyclic) bond motifs is 2. The van der Waals surface area contributed by atoms with E-state index in [1.54, 1.807) is 20.3 Å². The number of rotatable bonds is 2. The van der Waals surface area contributed by atoms with E-state index in [0.29, 0.717) is 40.9 Å². The fourth-order valence-corrected chi connectivity index (χ4v) is 6.93. The topological polar surface area (TPSA) is 83.9 Å². The van der Waals surface area contributed by atoms with Crippen molar-refractivity contribution >= 4 is 0 Å². The first-order valence-corrected chi connectivity index (χ1v) is 15.1. The van der Waals surface area contributed by atoms with Crippen LogP contribution in [0.25, 0.3) is 0 Å². The fraction of sp³-hybridized carbons (Fsp3) is 0.333. The number of phenols is 2. The summed E-state index contributed by atoms with van der Waals surface area (Å²) >= 11 is 0. The predicted molar refractivity (Wildman–Crippen MR) is 168 cm³/mol. The van der Waals surface area contributed by atoms with E-state index in [-0.39, 0.29) is 23.6 Å². The van der Waals surface area contributed by atoms with Crippen LogP contribution in [0, 0.1) is 0 Å². The van der Waals surface area contributed by atoms with Crippen LogP contribution in [0.15, 0.2) is 60.7 Å². The molecule has 4 aromatic rings. The third kappa shape index (κ3) is 4.98. The Morgan fingerprint density at radius 1 is 0.705 bits per heavy atom. The smallest absolute Gasteiger partial charge is 0.201 e. The molecule has 10 bridgehead atoms. The van der Waals surface area contributed by atoms with Crippen LogP contribution in [-0.2, 0) is 25.7 Å². The second-order valence-corrected chi connectivity index (χ2v) is 12.1. The van der Waals surface area contributed by atoms with Crippen LogP contribution in [0.4, 0.5) is 0 Å². The zero-order chi connectivity index (χ0) is 30.5. The maximum Gasteiger partial charge on any atom is 0.201 e. The van der Waals surface area contributed by atoms with Crippen molar-refractivity contribution in [3.05, 3.63) is 94.0 Å². The predicted octanol–water partition coefficient (Wildman–Crippen LogP) is 6.56. The van der Waals surface area contributed by atoms with Crippen molar-refractivity contribution in [3.63, 3.8) is 0 Å². The molecule has 228 valence electrons. The van der Waals surface area contributed by atoms with E-state index >= 15 is 0 Å². The van der Waals surface area contributed by atoms with Crippen molar-refractivity contribution in [2.75, 3.05) is 41.4 Å². The lowest BCUT2D eigenvalue weighted by atomic mass is 9.87. The molecule has 0 fully saturated rings. The third-order valence-corrected chi connectivity index (χ3v) is 9.48. The molecular formula is C36H38N2O6. The number of hydrogen-bond donors (Lipinski definition) is 2. The molecule has 4 aromatic carbocycles. The van der Waals surface area contributed by atoms with Gasteiger partial charge in [0.1, 0.15) is 5.75 Å². The molecule has 0 aromatic heterocycles. The summed E-state index contributed by atoms with van der Waals surface area (Å²) in [4.78, 5) is 4.68. The van der Waals surface area contributed by atoms with Gasteiger partial charge in [0.25, 0.3) is 0 Å². The molecule has 8 heteroatoms. The van der Waals surface area contributed by atoms with E-state index < -0.39 is 0 Å². The average Bonchev–Trinajstić information content (AvgIpc) is 3.03. The normalized spacial score (nSPS) is 19.6. The van der Waals surface area contributed by atoms with E-state index in [4.69, 9.17) is 18.9 Å². The molecule has 0 aliphatic carbocycles. The maximum atomic E-state index is 11.5. The molecule has 4 heterocycles. The van der Waals surface area contributed by atoms with Gasteiger partial charge in [-0.1, -0.05) is 18.2 Å². The minimum Gasteiger partial charge on any atom is -0.504 e. The molecule has 0 radical (unpaired) electrons. The van der Waals surface area contributed by atoms with Crippen molar-refractivity contribution in [3.8, 4) is 46.0 Å². The van der Waals surface area contributed by atoms with Gasteiger partial charge in [-0.05, 0) is 110 Å². The van der Waals surface area contributed by atoms with Crippen molar-refractivity contribution in [2.24, 2.45) is 0 Å². The number of benzene rings is 4. The Morgan fingerprint density at radius 3 is 2.14 bits per heavy atom. The highest BCUT2D eigenvalue weighted by Gasteiger charge is 2.33. The van der Waals surface area contributed by atoms with Crippen LogP contribution >= 0.6 is 0 Å². The number of nitrogens with zero attached hydrogens (tertiary/aromatic N) is 2. The second kappa shape index (κ2) is 11.3. The average molecular weight is 595 g/mol. The number of hydrogen-bond acceptors (Lipinski definition) is 8. The monoisotopic (exact) mass is 594 g/mol. The van der Waals surface area contributed by atoms with Gasteiger partial charge in [-0.25, -0.2) is 0 Å². The van der Waals surface area contributed by atoms with Crippen molar-refractivity contribution < 1.29 is 29.2 Å². The lowest BCUT2D eigenvalue weighted by Gasteiger charge is -2.37. The van der Waals surface area contributed by atoms with Crippen LogP contribution in [0.5, 0.6) is 46.0 Å². The van der Waals surface area contributed by atoms with Crippen molar-refractivity contribution in [1.82, 2.24) is 9.80 Å².